The number of halogens is 1. The average Bonchev–Trinajstić information content (AvgIpc) is 2.80. The van der Waals surface area contributed by atoms with Crippen molar-refractivity contribution in [2.24, 2.45) is 0 Å². The first-order valence-electron chi connectivity index (χ1n) is 6.79. The molecule has 0 bridgehead atoms. The van der Waals surface area contributed by atoms with E-state index < -0.39 is 0 Å². The van der Waals surface area contributed by atoms with E-state index in [4.69, 9.17) is 9.47 Å². The number of phenols is 1. The normalized spacial score (nSPS) is 22.3. The van der Waals surface area contributed by atoms with Crippen molar-refractivity contribution in [2.45, 2.75) is 31.7 Å². The van der Waals surface area contributed by atoms with Crippen LogP contribution in [0.25, 0.3) is 0 Å². The summed E-state index contributed by atoms with van der Waals surface area (Å²) < 4.78 is 12.2. The van der Waals surface area contributed by atoms with Gasteiger partial charge in [0.2, 0.25) is 0 Å². The number of phenolic OH excluding ortho intramolecular Hbond substituents is 1. The SMILES string of the molecule is Oc1c(Br)cc2c(c1CC1CCCN1)OCCCO2. The highest BCUT2D eigenvalue weighted by atomic mass is 79.9. The Morgan fingerprint density at radius 3 is 2.95 bits per heavy atom. The molecule has 0 aromatic heterocycles. The van der Waals surface area contributed by atoms with E-state index in [1.165, 1.54) is 6.42 Å². The van der Waals surface area contributed by atoms with E-state index in [2.05, 4.69) is 21.2 Å². The van der Waals surface area contributed by atoms with Gasteiger partial charge >= 0.3 is 0 Å². The lowest BCUT2D eigenvalue weighted by Gasteiger charge is -2.18. The Morgan fingerprint density at radius 1 is 1.32 bits per heavy atom. The highest BCUT2D eigenvalue weighted by Gasteiger charge is 2.25. The molecule has 1 fully saturated rings. The Bertz CT molecular complexity index is 472. The van der Waals surface area contributed by atoms with Gasteiger partial charge in [-0.1, -0.05) is 0 Å². The summed E-state index contributed by atoms with van der Waals surface area (Å²) >= 11 is 3.39. The van der Waals surface area contributed by atoms with Gasteiger partial charge < -0.3 is 19.9 Å². The molecular weight excluding hydrogens is 310 g/mol. The smallest absolute Gasteiger partial charge is 0.168 e. The summed E-state index contributed by atoms with van der Waals surface area (Å²) in [6.07, 6.45) is 3.98. The molecule has 3 rings (SSSR count). The number of hydrogen-bond acceptors (Lipinski definition) is 4. The van der Waals surface area contributed by atoms with Gasteiger partial charge in [0.25, 0.3) is 0 Å². The van der Waals surface area contributed by atoms with Crippen molar-refractivity contribution in [2.75, 3.05) is 19.8 Å². The van der Waals surface area contributed by atoms with Crippen LogP contribution in [0.1, 0.15) is 24.8 Å². The quantitative estimate of drug-likeness (QED) is 0.876. The molecule has 1 aromatic rings. The molecular formula is C14H18BrNO3. The van der Waals surface area contributed by atoms with E-state index in [9.17, 15) is 5.11 Å². The maximum atomic E-state index is 10.3. The molecule has 2 aliphatic heterocycles. The zero-order valence-corrected chi connectivity index (χ0v) is 12.3. The summed E-state index contributed by atoms with van der Waals surface area (Å²) in [5, 5.41) is 13.7. The fraction of sp³-hybridized carbons (Fsp3) is 0.571. The first-order valence-corrected chi connectivity index (χ1v) is 7.58. The van der Waals surface area contributed by atoms with Crippen LogP contribution < -0.4 is 14.8 Å². The topological polar surface area (TPSA) is 50.7 Å². The maximum Gasteiger partial charge on any atom is 0.168 e. The molecule has 0 saturated carbocycles. The fourth-order valence-corrected chi connectivity index (χ4v) is 3.14. The predicted molar refractivity (Wildman–Crippen MR) is 76.1 cm³/mol. The minimum atomic E-state index is 0.276. The first-order chi connectivity index (χ1) is 9.25. The van der Waals surface area contributed by atoms with Crippen LogP contribution in [0, 0.1) is 0 Å². The van der Waals surface area contributed by atoms with Gasteiger partial charge in [-0.15, -0.1) is 0 Å². The lowest BCUT2D eigenvalue weighted by atomic mass is 10.0. The second kappa shape index (κ2) is 5.59. The zero-order chi connectivity index (χ0) is 13.2. The standard InChI is InChI=1S/C14H18BrNO3/c15-11-8-12-14(19-6-2-5-18-12)10(13(11)17)7-9-3-1-4-16-9/h8-9,16-17H,1-7H2. The Labute approximate surface area is 121 Å². The Hall–Kier alpha value is -0.940. The Kier molecular flexibility index (Phi) is 3.84. The number of fused-ring (bicyclic) bond motifs is 1. The third kappa shape index (κ3) is 2.67. The van der Waals surface area contributed by atoms with Crippen molar-refractivity contribution < 1.29 is 14.6 Å². The number of hydrogen-bond donors (Lipinski definition) is 2. The summed E-state index contributed by atoms with van der Waals surface area (Å²) in [6, 6.07) is 2.21. The number of nitrogens with one attached hydrogen (secondary N) is 1. The van der Waals surface area contributed by atoms with E-state index in [1.807, 2.05) is 0 Å². The van der Waals surface area contributed by atoms with Crippen LogP contribution in [0.3, 0.4) is 0 Å². The number of rotatable bonds is 2. The van der Waals surface area contributed by atoms with Crippen molar-refractivity contribution in [3.05, 3.63) is 16.1 Å². The second-order valence-corrected chi connectivity index (χ2v) is 5.92. The third-order valence-electron chi connectivity index (χ3n) is 3.67. The molecule has 1 atom stereocenters. The van der Waals surface area contributed by atoms with Gasteiger partial charge in [0.1, 0.15) is 5.75 Å². The van der Waals surface area contributed by atoms with Crippen LogP contribution in [0.5, 0.6) is 17.2 Å². The third-order valence-corrected chi connectivity index (χ3v) is 4.28. The van der Waals surface area contributed by atoms with Gasteiger partial charge in [-0.3, -0.25) is 0 Å². The van der Waals surface area contributed by atoms with Crippen LogP contribution in [-0.4, -0.2) is 30.9 Å². The number of aromatic hydroxyl groups is 1. The van der Waals surface area contributed by atoms with Gasteiger partial charge in [-0.2, -0.15) is 0 Å². The fourth-order valence-electron chi connectivity index (χ4n) is 2.70. The van der Waals surface area contributed by atoms with E-state index in [-0.39, 0.29) is 5.75 Å². The molecule has 0 aliphatic carbocycles. The molecule has 2 N–H and O–H groups in total. The molecule has 4 nitrogen and oxygen atoms in total. The monoisotopic (exact) mass is 327 g/mol. The van der Waals surface area contributed by atoms with Crippen molar-refractivity contribution in [1.29, 1.82) is 0 Å². The number of ether oxygens (including phenoxy) is 2. The van der Waals surface area contributed by atoms with Gasteiger partial charge in [-0.05, 0) is 41.7 Å². The lowest BCUT2D eigenvalue weighted by molar-refractivity contribution is 0.295. The number of benzene rings is 1. The molecule has 2 aliphatic rings. The molecule has 0 radical (unpaired) electrons. The van der Waals surface area contributed by atoms with Crippen LogP contribution in [-0.2, 0) is 6.42 Å². The molecule has 0 spiro atoms. The van der Waals surface area contributed by atoms with Crippen molar-refractivity contribution in [3.63, 3.8) is 0 Å². The zero-order valence-electron chi connectivity index (χ0n) is 10.7. The minimum Gasteiger partial charge on any atom is -0.506 e. The highest BCUT2D eigenvalue weighted by Crippen LogP contribution is 2.44. The molecule has 2 heterocycles. The average molecular weight is 328 g/mol. The van der Waals surface area contributed by atoms with E-state index in [0.717, 1.165) is 37.1 Å². The van der Waals surface area contributed by atoms with Crippen LogP contribution in [0.15, 0.2) is 10.5 Å². The largest absolute Gasteiger partial charge is 0.506 e. The van der Waals surface area contributed by atoms with E-state index in [1.54, 1.807) is 6.07 Å². The molecule has 19 heavy (non-hydrogen) atoms. The molecule has 5 heteroatoms. The second-order valence-electron chi connectivity index (χ2n) is 5.06. The van der Waals surface area contributed by atoms with Crippen molar-refractivity contribution in [1.82, 2.24) is 5.32 Å². The van der Waals surface area contributed by atoms with E-state index in [0.29, 0.717) is 29.5 Å². The van der Waals surface area contributed by atoms with Crippen LogP contribution >= 0.6 is 15.9 Å². The van der Waals surface area contributed by atoms with E-state index >= 15 is 0 Å². The molecule has 0 amide bonds. The van der Waals surface area contributed by atoms with Gasteiger partial charge in [0.05, 0.1) is 17.7 Å². The Morgan fingerprint density at radius 2 is 2.16 bits per heavy atom. The molecule has 104 valence electrons. The minimum absolute atomic E-state index is 0.276. The maximum absolute atomic E-state index is 10.3. The van der Waals surface area contributed by atoms with Crippen molar-refractivity contribution >= 4 is 15.9 Å². The summed E-state index contributed by atoms with van der Waals surface area (Å²) in [5.41, 5.74) is 0.852. The van der Waals surface area contributed by atoms with Crippen molar-refractivity contribution in [3.8, 4) is 17.2 Å². The molecule has 1 unspecified atom stereocenters. The summed E-state index contributed by atoms with van der Waals surface area (Å²) in [7, 11) is 0. The van der Waals surface area contributed by atoms with Gasteiger partial charge in [-0.25, -0.2) is 0 Å². The van der Waals surface area contributed by atoms with Crippen LogP contribution in [0.4, 0.5) is 0 Å². The van der Waals surface area contributed by atoms with Gasteiger partial charge in [0, 0.05) is 24.1 Å². The lowest BCUT2D eigenvalue weighted by Crippen LogP contribution is -2.24. The van der Waals surface area contributed by atoms with Crippen LogP contribution in [0.2, 0.25) is 0 Å². The summed E-state index contributed by atoms with van der Waals surface area (Å²) in [5.74, 6) is 1.72. The molecule has 1 saturated heterocycles. The predicted octanol–water partition coefficient (Wildman–Crippen LogP) is 2.61. The highest BCUT2D eigenvalue weighted by molar-refractivity contribution is 9.10. The first kappa shape index (κ1) is 13.1. The summed E-state index contributed by atoms with van der Waals surface area (Å²) in [6.45, 7) is 2.35. The molecule has 1 aromatic carbocycles. The Balaban J connectivity index is 1.97. The summed E-state index contributed by atoms with van der Waals surface area (Å²) in [4.78, 5) is 0. The van der Waals surface area contributed by atoms with Gasteiger partial charge in [0.15, 0.2) is 11.5 Å².